The van der Waals surface area contributed by atoms with Crippen LogP contribution in [0.5, 0.6) is 0 Å². The maximum absolute atomic E-state index is 12.8. The number of hydrogen-bond donors (Lipinski definition) is 1. The van der Waals surface area contributed by atoms with Gasteiger partial charge in [0.25, 0.3) is 11.8 Å². The number of nitrogens with one attached hydrogen (secondary N) is 1. The molecule has 1 aliphatic rings. The van der Waals surface area contributed by atoms with E-state index in [1.54, 1.807) is 0 Å². The zero-order valence-electron chi connectivity index (χ0n) is 18.7. The number of anilines is 2. The minimum atomic E-state index is -0.114. The lowest BCUT2D eigenvalue weighted by Gasteiger charge is -2.36. The molecule has 2 amide bonds. The van der Waals surface area contributed by atoms with E-state index in [-0.39, 0.29) is 11.8 Å². The molecule has 164 valence electrons. The normalized spacial score (nSPS) is 13.7. The first-order valence-corrected chi connectivity index (χ1v) is 11.1. The topological polar surface area (TPSA) is 52.7 Å². The lowest BCUT2D eigenvalue weighted by atomic mass is 10.1. The molecule has 0 aromatic heterocycles. The van der Waals surface area contributed by atoms with E-state index in [9.17, 15) is 9.59 Å². The van der Waals surface area contributed by atoms with Gasteiger partial charge in [-0.15, -0.1) is 0 Å². The zero-order chi connectivity index (χ0) is 22.5. The van der Waals surface area contributed by atoms with Crippen LogP contribution in [-0.4, -0.2) is 42.9 Å². The number of hydrogen-bond acceptors (Lipinski definition) is 3. The van der Waals surface area contributed by atoms with Crippen molar-refractivity contribution in [1.29, 1.82) is 0 Å². The first-order valence-electron chi connectivity index (χ1n) is 11.1. The number of rotatable bonds is 5. The number of carbonyl (C=O) groups is 2. The Hall–Kier alpha value is -3.60. The molecule has 1 fully saturated rings. The van der Waals surface area contributed by atoms with E-state index in [2.05, 4.69) is 17.1 Å². The lowest BCUT2D eigenvalue weighted by Crippen LogP contribution is -2.48. The fourth-order valence-corrected chi connectivity index (χ4v) is 3.90. The minimum Gasteiger partial charge on any atom is -0.368 e. The molecule has 3 aromatic rings. The minimum absolute atomic E-state index is 0.0986. The summed E-state index contributed by atoms with van der Waals surface area (Å²) in [6.45, 7) is 7.07. The van der Waals surface area contributed by atoms with Gasteiger partial charge < -0.3 is 15.1 Å². The Morgan fingerprint density at radius 1 is 0.781 bits per heavy atom. The van der Waals surface area contributed by atoms with Gasteiger partial charge in [0.05, 0.1) is 0 Å². The van der Waals surface area contributed by atoms with E-state index in [1.165, 1.54) is 5.56 Å². The van der Waals surface area contributed by atoms with Crippen molar-refractivity contribution in [1.82, 2.24) is 4.90 Å². The zero-order valence-corrected chi connectivity index (χ0v) is 18.7. The van der Waals surface area contributed by atoms with Gasteiger partial charge in [-0.3, -0.25) is 9.59 Å². The highest BCUT2D eigenvalue weighted by molar-refractivity contribution is 6.04. The molecule has 5 heteroatoms. The van der Waals surface area contributed by atoms with Crippen LogP contribution in [0.15, 0.2) is 72.8 Å². The highest BCUT2D eigenvalue weighted by Crippen LogP contribution is 2.21. The van der Waals surface area contributed by atoms with Crippen molar-refractivity contribution in [2.45, 2.75) is 20.3 Å². The summed E-state index contributed by atoms with van der Waals surface area (Å²) in [6.07, 6.45) is 0.974. The van der Waals surface area contributed by atoms with Gasteiger partial charge in [0.2, 0.25) is 0 Å². The van der Waals surface area contributed by atoms with E-state index in [0.29, 0.717) is 18.7 Å². The van der Waals surface area contributed by atoms with Gasteiger partial charge in [-0.05, 0) is 67.4 Å². The van der Waals surface area contributed by atoms with Crippen molar-refractivity contribution in [3.8, 4) is 0 Å². The summed E-state index contributed by atoms with van der Waals surface area (Å²) in [7, 11) is 0. The molecule has 5 nitrogen and oxygen atoms in total. The Balaban J connectivity index is 1.32. The van der Waals surface area contributed by atoms with Crippen LogP contribution >= 0.6 is 0 Å². The summed E-state index contributed by atoms with van der Waals surface area (Å²) >= 11 is 0. The first-order chi connectivity index (χ1) is 15.5. The van der Waals surface area contributed by atoms with Crippen molar-refractivity contribution in [2.24, 2.45) is 0 Å². The summed E-state index contributed by atoms with van der Waals surface area (Å²) in [5, 5.41) is 2.95. The Kier molecular flexibility index (Phi) is 6.55. The molecule has 1 saturated heterocycles. The Bertz CT molecular complexity index is 1070. The van der Waals surface area contributed by atoms with Crippen LogP contribution in [0.1, 0.15) is 38.8 Å². The van der Waals surface area contributed by atoms with E-state index in [1.807, 2.05) is 84.6 Å². The Morgan fingerprint density at radius 3 is 1.97 bits per heavy atom. The molecule has 4 rings (SSSR count). The van der Waals surface area contributed by atoms with E-state index in [4.69, 9.17) is 0 Å². The molecule has 1 aliphatic heterocycles. The third-order valence-electron chi connectivity index (χ3n) is 5.98. The third kappa shape index (κ3) is 4.99. The van der Waals surface area contributed by atoms with E-state index >= 15 is 0 Å². The Labute approximate surface area is 189 Å². The molecule has 0 unspecified atom stereocenters. The molecule has 0 saturated carbocycles. The van der Waals surface area contributed by atoms with Crippen molar-refractivity contribution in [3.63, 3.8) is 0 Å². The molecular weight excluding hydrogens is 398 g/mol. The van der Waals surface area contributed by atoms with Crippen molar-refractivity contribution >= 4 is 23.2 Å². The van der Waals surface area contributed by atoms with Crippen molar-refractivity contribution in [2.75, 3.05) is 36.4 Å². The van der Waals surface area contributed by atoms with Crippen LogP contribution in [0.3, 0.4) is 0 Å². The second-order valence-electron chi connectivity index (χ2n) is 8.20. The van der Waals surface area contributed by atoms with Crippen LogP contribution in [0.25, 0.3) is 0 Å². The quantitative estimate of drug-likeness (QED) is 0.638. The van der Waals surface area contributed by atoms with Gasteiger partial charge in [0, 0.05) is 48.7 Å². The highest BCUT2D eigenvalue weighted by atomic mass is 16.2. The fraction of sp³-hybridized carbons (Fsp3) is 0.259. The molecular formula is C27H29N3O2. The van der Waals surface area contributed by atoms with Crippen molar-refractivity contribution in [3.05, 3.63) is 95.1 Å². The van der Waals surface area contributed by atoms with Gasteiger partial charge in [-0.1, -0.05) is 36.8 Å². The molecule has 0 radical (unpaired) electrons. The predicted molar refractivity (Wildman–Crippen MR) is 130 cm³/mol. The number of piperazine rings is 1. The maximum atomic E-state index is 12.8. The number of carbonyl (C=O) groups excluding carboxylic acids is 2. The molecule has 1 heterocycles. The maximum Gasteiger partial charge on any atom is 0.255 e. The van der Waals surface area contributed by atoms with Crippen LogP contribution in [-0.2, 0) is 6.42 Å². The Morgan fingerprint density at radius 2 is 1.38 bits per heavy atom. The smallest absolute Gasteiger partial charge is 0.255 e. The molecule has 32 heavy (non-hydrogen) atoms. The fourth-order valence-electron chi connectivity index (χ4n) is 3.90. The second-order valence-corrected chi connectivity index (χ2v) is 8.20. The molecule has 3 aromatic carbocycles. The summed E-state index contributed by atoms with van der Waals surface area (Å²) in [4.78, 5) is 29.4. The van der Waals surface area contributed by atoms with Gasteiger partial charge in [-0.2, -0.15) is 0 Å². The highest BCUT2D eigenvalue weighted by Gasteiger charge is 2.22. The molecule has 0 aliphatic carbocycles. The van der Waals surface area contributed by atoms with Gasteiger partial charge >= 0.3 is 0 Å². The average Bonchev–Trinajstić information content (AvgIpc) is 2.84. The summed E-state index contributed by atoms with van der Waals surface area (Å²) in [5.41, 5.74) is 5.63. The van der Waals surface area contributed by atoms with E-state index in [0.717, 1.165) is 42.0 Å². The van der Waals surface area contributed by atoms with Gasteiger partial charge in [0.1, 0.15) is 0 Å². The van der Waals surface area contributed by atoms with Crippen LogP contribution in [0, 0.1) is 6.92 Å². The number of benzene rings is 3. The summed E-state index contributed by atoms with van der Waals surface area (Å²) in [5.74, 6) is -0.0154. The predicted octanol–water partition coefficient (Wildman–Crippen LogP) is 4.77. The molecule has 0 spiro atoms. The van der Waals surface area contributed by atoms with Crippen LogP contribution < -0.4 is 10.2 Å². The number of nitrogens with zero attached hydrogens (tertiary/aromatic N) is 2. The summed E-state index contributed by atoms with van der Waals surface area (Å²) < 4.78 is 0. The van der Waals surface area contributed by atoms with Gasteiger partial charge in [-0.25, -0.2) is 0 Å². The largest absolute Gasteiger partial charge is 0.368 e. The van der Waals surface area contributed by atoms with E-state index < -0.39 is 0 Å². The van der Waals surface area contributed by atoms with Crippen LogP contribution in [0.4, 0.5) is 11.4 Å². The monoisotopic (exact) mass is 427 g/mol. The molecule has 1 N–H and O–H groups in total. The molecule has 0 bridgehead atoms. The SMILES string of the molecule is CCc1ccc(C(=O)N2CCN(c3ccc(NC(=O)c4ccc(C)cc4)cc3)CC2)cc1. The number of aryl methyl sites for hydroxylation is 2. The second kappa shape index (κ2) is 9.69. The molecule has 0 atom stereocenters. The number of amides is 2. The summed E-state index contributed by atoms with van der Waals surface area (Å²) in [6, 6.07) is 23.3. The average molecular weight is 428 g/mol. The lowest BCUT2D eigenvalue weighted by molar-refractivity contribution is 0.0746. The standard InChI is InChI=1S/C27H29N3O2/c1-3-21-6-10-23(11-7-21)27(32)30-18-16-29(17-19-30)25-14-12-24(13-15-25)28-26(31)22-8-4-20(2)5-9-22/h4-15H,3,16-19H2,1-2H3,(H,28,31). The van der Waals surface area contributed by atoms with Crippen LogP contribution in [0.2, 0.25) is 0 Å². The van der Waals surface area contributed by atoms with Gasteiger partial charge in [0.15, 0.2) is 0 Å². The van der Waals surface area contributed by atoms with Crippen molar-refractivity contribution < 1.29 is 9.59 Å². The third-order valence-corrected chi connectivity index (χ3v) is 5.98. The first kappa shape index (κ1) is 21.6.